The van der Waals surface area contributed by atoms with E-state index in [1.165, 1.54) is 43.8 Å². The number of nitrogens with one attached hydrogen (secondary N) is 1. The summed E-state index contributed by atoms with van der Waals surface area (Å²) in [6, 6.07) is 60.7. The van der Waals surface area contributed by atoms with Gasteiger partial charge in [-0.05, 0) is 79.2 Å². The van der Waals surface area contributed by atoms with Crippen molar-refractivity contribution < 1.29 is 4.42 Å². The first-order valence-electron chi connectivity index (χ1n) is 18.8. The van der Waals surface area contributed by atoms with Crippen LogP contribution in [0.25, 0.3) is 82.6 Å². The van der Waals surface area contributed by atoms with Crippen molar-refractivity contribution in [2.45, 2.75) is 6.04 Å². The van der Waals surface area contributed by atoms with Crippen molar-refractivity contribution in [1.29, 1.82) is 0 Å². The number of rotatable bonds is 5. The maximum Gasteiger partial charge on any atom is 0.136 e. The lowest BCUT2D eigenvalue weighted by atomic mass is 9.91. The topological polar surface area (TPSA) is 37.5 Å². The summed E-state index contributed by atoms with van der Waals surface area (Å²) in [5, 5.41) is 10.9. The number of aliphatic imine (C=N–C) groups is 1. The second-order valence-corrected chi connectivity index (χ2v) is 14.4. The van der Waals surface area contributed by atoms with Crippen LogP contribution in [0.1, 0.15) is 11.1 Å². The third-order valence-corrected chi connectivity index (χ3v) is 11.1. The summed E-state index contributed by atoms with van der Waals surface area (Å²) in [5.41, 5.74) is 12.9. The number of amidine groups is 1. The van der Waals surface area contributed by atoms with Gasteiger partial charge in [0.1, 0.15) is 17.0 Å². The van der Waals surface area contributed by atoms with E-state index in [-0.39, 0.29) is 6.04 Å². The molecule has 0 saturated carbocycles. The molecule has 1 atom stereocenters. The van der Waals surface area contributed by atoms with E-state index >= 15 is 0 Å². The number of fused-ring (bicyclic) bond motifs is 7. The highest BCUT2D eigenvalue weighted by atomic mass is 16.3. The predicted molar refractivity (Wildman–Crippen MR) is 230 cm³/mol. The van der Waals surface area contributed by atoms with Crippen molar-refractivity contribution in [2.24, 2.45) is 4.99 Å². The Hall–Kier alpha value is -7.23. The molecule has 1 N–H and O–H groups in total. The van der Waals surface area contributed by atoms with E-state index in [1.807, 2.05) is 0 Å². The molecule has 9 aromatic rings. The molecule has 0 saturated heterocycles. The van der Waals surface area contributed by atoms with Gasteiger partial charge in [-0.25, -0.2) is 4.99 Å². The van der Waals surface area contributed by atoms with E-state index in [2.05, 4.69) is 199 Å². The second kappa shape index (κ2) is 12.7. The SMILES string of the molecule is C1=CC2=C(c3ccc(-c4ccccc4)cc3)N=C(c3cc(-c4ccc(-c5ccc6ccccc6c5)cc4)c4c(c3)oc3ccc5ccccc5c34)NC2C=C1. The van der Waals surface area contributed by atoms with Crippen molar-refractivity contribution in [3.8, 4) is 33.4 Å². The van der Waals surface area contributed by atoms with Gasteiger partial charge >= 0.3 is 0 Å². The minimum Gasteiger partial charge on any atom is -0.456 e. The summed E-state index contributed by atoms with van der Waals surface area (Å²) in [6.45, 7) is 0. The van der Waals surface area contributed by atoms with Crippen LogP contribution in [0.2, 0.25) is 0 Å². The summed E-state index contributed by atoms with van der Waals surface area (Å²) in [5.74, 6) is 0.817. The number of hydrogen-bond acceptors (Lipinski definition) is 3. The van der Waals surface area contributed by atoms with Crippen molar-refractivity contribution in [3.63, 3.8) is 0 Å². The van der Waals surface area contributed by atoms with Gasteiger partial charge in [0, 0.05) is 27.5 Å². The van der Waals surface area contributed by atoms with Crippen LogP contribution in [0, 0.1) is 0 Å². The molecule has 3 heteroatoms. The lowest BCUT2D eigenvalue weighted by Gasteiger charge is -2.28. The van der Waals surface area contributed by atoms with Crippen LogP contribution < -0.4 is 5.32 Å². The first kappa shape index (κ1) is 31.3. The molecule has 1 aliphatic carbocycles. The quantitative estimate of drug-likeness (QED) is 0.194. The Morgan fingerprint density at radius 2 is 1.11 bits per heavy atom. The molecular weight excluding hydrogens is 669 g/mol. The fourth-order valence-electron chi connectivity index (χ4n) is 8.32. The maximum atomic E-state index is 6.74. The molecule has 11 rings (SSSR count). The molecule has 1 aromatic heterocycles. The van der Waals surface area contributed by atoms with Crippen LogP contribution >= 0.6 is 0 Å². The van der Waals surface area contributed by atoms with Gasteiger partial charge < -0.3 is 9.73 Å². The Balaban J connectivity index is 1.08. The Bertz CT molecular complexity index is 3090. The van der Waals surface area contributed by atoms with Crippen LogP contribution in [0.3, 0.4) is 0 Å². The number of hydrogen-bond donors (Lipinski definition) is 1. The standard InChI is InChI=1S/C52H34N2O/c1-2-10-33(11-3-1)35-20-25-39(26-21-35)51-44-16-8-9-17-46(44)53-52(54-51)42-31-45(50-48(32-42)55-47-29-28-37-13-6-7-15-43(37)49(47)50)38-23-18-36(19-24-38)41-27-22-34-12-4-5-14-40(34)30-41/h1-32,46H,(H,53,54). The molecule has 0 amide bonds. The predicted octanol–water partition coefficient (Wildman–Crippen LogP) is 13.1. The summed E-state index contributed by atoms with van der Waals surface area (Å²) in [6.07, 6.45) is 8.59. The van der Waals surface area contributed by atoms with Crippen LogP contribution in [0.5, 0.6) is 0 Å². The zero-order valence-electron chi connectivity index (χ0n) is 29.9. The van der Waals surface area contributed by atoms with Gasteiger partial charge in [-0.2, -0.15) is 0 Å². The third-order valence-electron chi connectivity index (χ3n) is 11.1. The normalized spacial score (nSPS) is 15.1. The molecule has 0 radical (unpaired) electrons. The Labute approximate surface area is 318 Å². The van der Waals surface area contributed by atoms with E-state index in [0.29, 0.717) is 0 Å². The summed E-state index contributed by atoms with van der Waals surface area (Å²) >= 11 is 0. The fraction of sp³-hybridized carbons (Fsp3) is 0.0192. The van der Waals surface area contributed by atoms with Crippen molar-refractivity contribution in [3.05, 3.63) is 211 Å². The third kappa shape index (κ3) is 5.40. The smallest absolute Gasteiger partial charge is 0.136 e. The van der Waals surface area contributed by atoms with Crippen molar-refractivity contribution in [2.75, 3.05) is 0 Å². The largest absolute Gasteiger partial charge is 0.456 e. The van der Waals surface area contributed by atoms with Crippen LogP contribution in [0.4, 0.5) is 0 Å². The number of allylic oxidation sites excluding steroid dienone is 2. The van der Waals surface area contributed by atoms with Crippen molar-refractivity contribution in [1.82, 2.24) is 5.32 Å². The van der Waals surface area contributed by atoms with Gasteiger partial charge in [0.15, 0.2) is 0 Å². The highest BCUT2D eigenvalue weighted by Gasteiger charge is 2.26. The van der Waals surface area contributed by atoms with E-state index in [9.17, 15) is 0 Å². The average Bonchev–Trinajstić information content (AvgIpc) is 3.65. The van der Waals surface area contributed by atoms with Crippen LogP contribution in [-0.4, -0.2) is 11.9 Å². The zero-order valence-corrected chi connectivity index (χ0v) is 29.9. The molecule has 3 nitrogen and oxygen atoms in total. The van der Waals surface area contributed by atoms with Gasteiger partial charge in [-0.15, -0.1) is 0 Å². The summed E-state index contributed by atoms with van der Waals surface area (Å²) < 4.78 is 6.74. The lowest BCUT2D eigenvalue weighted by molar-refractivity contribution is 0.669. The number of nitrogens with zero attached hydrogens (tertiary/aromatic N) is 1. The fourth-order valence-corrected chi connectivity index (χ4v) is 8.32. The minimum atomic E-state index is -0.0127. The molecule has 0 spiro atoms. The number of benzene rings is 8. The lowest BCUT2D eigenvalue weighted by Crippen LogP contribution is -2.39. The highest BCUT2D eigenvalue weighted by Crippen LogP contribution is 2.42. The van der Waals surface area contributed by atoms with Crippen molar-refractivity contribution >= 4 is 55.0 Å². The maximum absolute atomic E-state index is 6.74. The molecule has 0 fully saturated rings. The summed E-state index contributed by atoms with van der Waals surface area (Å²) in [4.78, 5) is 5.39. The van der Waals surface area contributed by atoms with Gasteiger partial charge in [0.2, 0.25) is 0 Å². The summed E-state index contributed by atoms with van der Waals surface area (Å²) in [7, 11) is 0. The Kier molecular flexibility index (Phi) is 7.24. The molecule has 2 aliphatic rings. The molecule has 1 aliphatic heterocycles. The first-order valence-corrected chi connectivity index (χ1v) is 18.8. The minimum absolute atomic E-state index is 0.0127. The molecule has 258 valence electrons. The second-order valence-electron chi connectivity index (χ2n) is 14.4. The Morgan fingerprint density at radius 1 is 0.455 bits per heavy atom. The first-order chi connectivity index (χ1) is 27.2. The van der Waals surface area contributed by atoms with E-state index in [1.54, 1.807) is 0 Å². The molecule has 0 bridgehead atoms. The van der Waals surface area contributed by atoms with Gasteiger partial charge in [-0.3, -0.25) is 0 Å². The Morgan fingerprint density at radius 3 is 1.95 bits per heavy atom. The molecule has 55 heavy (non-hydrogen) atoms. The molecule has 8 aromatic carbocycles. The van der Waals surface area contributed by atoms with Gasteiger partial charge in [0.05, 0.1) is 11.7 Å². The number of furan rings is 1. The van der Waals surface area contributed by atoms with Gasteiger partial charge in [0.25, 0.3) is 0 Å². The highest BCUT2D eigenvalue weighted by molar-refractivity contribution is 6.24. The molecular formula is C52H34N2O. The van der Waals surface area contributed by atoms with Crippen LogP contribution in [0.15, 0.2) is 209 Å². The average molecular weight is 703 g/mol. The van der Waals surface area contributed by atoms with E-state index < -0.39 is 0 Å². The van der Waals surface area contributed by atoms with E-state index in [4.69, 9.17) is 9.41 Å². The van der Waals surface area contributed by atoms with E-state index in [0.717, 1.165) is 61.3 Å². The molecule has 2 heterocycles. The monoisotopic (exact) mass is 702 g/mol. The molecule has 1 unspecified atom stereocenters. The van der Waals surface area contributed by atoms with Gasteiger partial charge in [-0.1, -0.05) is 170 Å². The zero-order chi connectivity index (χ0) is 36.3. The van der Waals surface area contributed by atoms with Crippen LogP contribution in [-0.2, 0) is 0 Å².